The average Bonchev–Trinajstić information content (AvgIpc) is 3.30. The van der Waals surface area contributed by atoms with E-state index in [1.165, 1.54) is 12.0 Å². The largest absolute Gasteiger partial charge is 1.00 e. The van der Waals surface area contributed by atoms with E-state index in [0.717, 1.165) is 46.4 Å². The lowest BCUT2D eigenvalue weighted by Gasteiger charge is -2.27. The Morgan fingerprint density at radius 1 is 0.871 bits per heavy atom. The van der Waals surface area contributed by atoms with Gasteiger partial charge in [-0.1, -0.05) is 84.8 Å². The predicted octanol–water partition coefficient (Wildman–Crippen LogP) is 1.93. The topological polar surface area (TPSA) is 20.2 Å². The second kappa shape index (κ2) is 8.78. The fraction of sp³-hybridized carbons (Fsp3) is 0.286. The molecule has 1 fully saturated rings. The Hall–Kier alpha value is -2.13. The van der Waals surface area contributed by atoms with Crippen molar-refractivity contribution in [2.45, 2.75) is 24.4 Å². The number of likely N-dealkylation sites (N-methyl/N-ethyl adjacent to an activating group) is 1. The minimum Gasteiger partial charge on any atom is -1.00 e. The van der Waals surface area contributed by atoms with Crippen LogP contribution in [0, 0.1) is 11.8 Å². The Bertz CT molecular complexity index is 1080. The molecular weight excluding hydrogens is 493 g/mol. The number of halogens is 1. The minimum absolute atomic E-state index is 0. The second-order valence-electron chi connectivity index (χ2n) is 9.06. The molecule has 3 aromatic carbocycles. The third-order valence-corrected chi connectivity index (χ3v) is 6.91. The summed E-state index contributed by atoms with van der Waals surface area (Å²) in [5, 5.41) is 11.6. The smallest absolute Gasteiger partial charge is 0.140 e. The van der Waals surface area contributed by atoms with Gasteiger partial charge in [0.2, 0.25) is 0 Å². The average molecular weight is 521 g/mol. The number of rotatable bonds is 3. The highest BCUT2D eigenvalue weighted by molar-refractivity contribution is 5.80. The van der Waals surface area contributed by atoms with Crippen molar-refractivity contribution >= 4 is 0 Å². The maximum atomic E-state index is 11.6. The Morgan fingerprint density at radius 3 is 2.10 bits per heavy atom. The molecule has 0 radical (unpaired) electrons. The summed E-state index contributed by atoms with van der Waals surface area (Å²) >= 11 is 0. The van der Waals surface area contributed by atoms with Gasteiger partial charge in [0.1, 0.15) is 12.1 Å². The van der Waals surface area contributed by atoms with Crippen LogP contribution in [0.5, 0.6) is 0 Å². The first-order valence-electron chi connectivity index (χ1n) is 10.9. The standard InChI is InChI=1S/C28H28NO.HI/c1-29(20-17-23(21-29)22-11-3-2-4-12-22)19-10-9-18-28(30)26-15-7-5-13-24(26)25-14-6-8-16-27(25)28;/h2-8,11-16,23,30H,17-21H2,1H3;1H/q+1;/p-1. The van der Waals surface area contributed by atoms with Crippen LogP contribution in [0.15, 0.2) is 78.9 Å². The van der Waals surface area contributed by atoms with Crippen LogP contribution in [0.25, 0.3) is 11.1 Å². The zero-order chi connectivity index (χ0) is 20.6. The molecule has 0 amide bonds. The number of hydrogen-bond acceptors (Lipinski definition) is 1. The number of nitrogens with zero attached hydrogens (tertiary/aromatic N) is 1. The Balaban J connectivity index is 0.00000231. The molecule has 2 unspecified atom stereocenters. The number of fused-ring (bicyclic) bond motifs is 3. The van der Waals surface area contributed by atoms with E-state index in [9.17, 15) is 5.11 Å². The van der Waals surface area contributed by atoms with Crippen molar-refractivity contribution in [1.29, 1.82) is 0 Å². The van der Waals surface area contributed by atoms with Crippen molar-refractivity contribution in [2.75, 3.05) is 26.7 Å². The van der Waals surface area contributed by atoms with E-state index in [-0.39, 0.29) is 24.0 Å². The van der Waals surface area contributed by atoms with Gasteiger partial charge in [0, 0.05) is 18.8 Å². The van der Waals surface area contributed by atoms with Crippen molar-refractivity contribution in [1.82, 2.24) is 0 Å². The molecular formula is C28H28INO. The van der Waals surface area contributed by atoms with Gasteiger partial charge < -0.3 is 33.6 Å². The molecule has 3 heteroatoms. The van der Waals surface area contributed by atoms with Gasteiger partial charge in [-0.15, -0.1) is 0 Å². The van der Waals surface area contributed by atoms with Crippen LogP contribution in [0.3, 0.4) is 0 Å². The number of hydrogen-bond donors (Lipinski definition) is 1. The Labute approximate surface area is 202 Å². The fourth-order valence-electron chi connectivity index (χ4n) is 5.25. The van der Waals surface area contributed by atoms with Crippen molar-refractivity contribution in [2.24, 2.45) is 0 Å². The summed E-state index contributed by atoms with van der Waals surface area (Å²) in [4.78, 5) is 0. The summed E-state index contributed by atoms with van der Waals surface area (Å²) in [5.74, 6) is 7.38. The maximum absolute atomic E-state index is 11.6. The molecule has 0 aromatic heterocycles. The number of quaternary nitrogens is 1. The highest BCUT2D eigenvalue weighted by Crippen LogP contribution is 2.48. The van der Waals surface area contributed by atoms with E-state index in [4.69, 9.17) is 0 Å². The van der Waals surface area contributed by atoms with E-state index in [0.29, 0.717) is 12.3 Å². The quantitative estimate of drug-likeness (QED) is 0.318. The van der Waals surface area contributed by atoms with Crippen molar-refractivity contribution in [3.63, 3.8) is 0 Å². The van der Waals surface area contributed by atoms with Crippen molar-refractivity contribution in [3.8, 4) is 23.0 Å². The number of likely N-dealkylation sites (tertiary alicyclic amines) is 1. The zero-order valence-corrected chi connectivity index (χ0v) is 20.0. The van der Waals surface area contributed by atoms with Crippen LogP contribution in [0.4, 0.5) is 0 Å². The van der Waals surface area contributed by atoms with Crippen LogP contribution >= 0.6 is 0 Å². The molecule has 31 heavy (non-hydrogen) atoms. The fourth-order valence-corrected chi connectivity index (χ4v) is 5.25. The number of benzene rings is 3. The van der Waals surface area contributed by atoms with Crippen LogP contribution in [0.1, 0.15) is 35.4 Å². The summed E-state index contributed by atoms with van der Waals surface area (Å²) in [6.07, 6.45) is 1.65. The maximum Gasteiger partial charge on any atom is 0.140 e. The van der Waals surface area contributed by atoms with E-state index in [2.05, 4.69) is 61.4 Å². The summed E-state index contributed by atoms with van der Waals surface area (Å²) < 4.78 is 0.984. The first-order chi connectivity index (χ1) is 14.6. The highest BCUT2D eigenvalue weighted by Gasteiger charge is 2.40. The lowest BCUT2D eigenvalue weighted by Crippen LogP contribution is -3.00. The molecule has 0 bridgehead atoms. The van der Waals surface area contributed by atoms with Crippen LogP contribution in [-0.2, 0) is 5.60 Å². The molecule has 158 valence electrons. The van der Waals surface area contributed by atoms with E-state index >= 15 is 0 Å². The molecule has 1 aliphatic heterocycles. The molecule has 1 N–H and O–H groups in total. The zero-order valence-electron chi connectivity index (χ0n) is 17.9. The van der Waals surface area contributed by atoms with Gasteiger partial charge in [-0.05, 0) is 33.7 Å². The summed E-state index contributed by atoms with van der Waals surface area (Å²) in [6, 6.07) is 27.2. The Kier molecular flexibility index (Phi) is 6.25. The summed E-state index contributed by atoms with van der Waals surface area (Å²) in [7, 11) is 2.31. The normalized spacial score (nSPS) is 22.6. The van der Waals surface area contributed by atoms with Gasteiger partial charge in [0.25, 0.3) is 0 Å². The molecule has 0 spiro atoms. The molecule has 0 saturated carbocycles. The number of aliphatic hydroxyl groups is 1. The monoisotopic (exact) mass is 521 g/mol. The third-order valence-electron chi connectivity index (χ3n) is 6.91. The van der Waals surface area contributed by atoms with E-state index in [1.807, 2.05) is 36.4 Å². The predicted molar refractivity (Wildman–Crippen MR) is 122 cm³/mol. The molecule has 2 nitrogen and oxygen atoms in total. The van der Waals surface area contributed by atoms with Gasteiger partial charge >= 0.3 is 0 Å². The molecule has 2 aliphatic rings. The third kappa shape index (κ3) is 4.05. The highest BCUT2D eigenvalue weighted by atomic mass is 127. The second-order valence-corrected chi connectivity index (χ2v) is 9.06. The molecule has 1 aliphatic carbocycles. The molecule has 2 atom stereocenters. The molecule has 3 aromatic rings. The Morgan fingerprint density at radius 2 is 1.45 bits per heavy atom. The van der Waals surface area contributed by atoms with Crippen molar-refractivity contribution < 1.29 is 33.6 Å². The van der Waals surface area contributed by atoms with Crippen LogP contribution in [-0.4, -0.2) is 36.3 Å². The van der Waals surface area contributed by atoms with Gasteiger partial charge in [-0.3, -0.25) is 0 Å². The molecule has 1 heterocycles. The minimum atomic E-state index is -1.02. The van der Waals surface area contributed by atoms with Crippen LogP contribution in [0.2, 0.25) is 0 Å². The lowest BCUT2D eigenvalue weighted by molar-refractivity contribution is -0.891. The van der Waals surface area contributed by atoms with E-state index < -0.39 is 5.60 Å². The first-order valence-corrected chi connectivity index (χ1v) is 10.9. The molecule has 1 saturated heterocycles. The SMILES string of the molecule is C[N+]1(CC#CCC2(O)c3ccccc3-c3ccccc32)CCC(c2ccccc2)C1.[I-]. The van der Waals surface area contributed by atoms with Crippen molar-refractivity contribution in [3.05, 3.63) is 95.6 Å². The molecule has 5 rings (SSSR count). The first kappa shape index (κ1) is 22.1. The van der Waals surface area contributed by atoms with Gasteiger partial charge in [0.15, 0.2) is 0 Å². The summed E-state index contributed by atoms with van der Waals surface area (Å²) in [6.45, 7) is 3.13. The van der Waals surface area contributed by atoms with Gasteiger partial charge in [-0.25, -0.2) is 0 Å². The summed E-state index contributed by atoms with van der Waals surface area (Å²) in [5.41, 5.74) is 4.64. The van der Waals surface area contributed by atoms with Crippen LogP contribution < -0.4 is 24.0 Å². The van der Waals surface area contributed by atoms with E-state index in [1.54, 1.807) is 0 Å². The lowest BCUT2D eigenvalue weighted by atomic mass is 9.88. The van der Waals surface area contributed by atoms with Gasteiger partial charge in [0.05, 0.1) is 20.1 Å². The van der Waals surface area contributed by atoms with Gasteiger partial charge in [-0.2, -0.15) is 0 Å².